The summed E-state index contributed by atoms with van der Waals surface area (Å²) >= 11 is 3.20. The van der Waals surface area contributed by atoms with E-state index >= 15 is 0 Å². The van der Waals surface area contributed by atoms with Gasteiger partial charge in [-0.25, -0.2) is 9.18 Å². The van der Waals surface area contributed by atoms with E-state index in [1.54, 1.807) is 6.07 Å². The van der Waals surface area contributed by atoms with Crippen LogP contribution in [0.3, 0.4) is 0 Å². The van der Waals surface area contributed by atoms with Crippen LogP contribution in [0.2, 0.25) is 0 Å². The van der Waals surface area contributed by atoms with Crippen LogP contribution in [0.5, 0.6) is 5.75 Å². The number of carboxylic acid groups (broad SMARTS) is 1. The molecule has 0 radical (unpaired) electrons. The molecule has 0 aromatic heterocycles. The maximum Gasteiger partial charge on any atom is 0.407 e. The summed E-state index contributed by atoms with van der Waals surface area (Å²) < 4.78 is 31.3. The van der Waals surface area contributed by atoms with E-state index in [9.17, 15) is 18.7 Å². The first-order valence-electron chi connectivity index (χ1n) is 10.2. The lowest BCUT2D eigenvalue weighted by molar-refractivity contribution is 0.134. The monoisotopic (exact) mass is 463 g/mol. The highest BCUT2D eigenvalue weighted by Crippen LogP contribution is 2.20. The molecule has 0 fully saturated rings. The summed E-state index contributed by atoms with van der Waals surface area (Å²) in [7, 11) is 0. The minimum absolute atomic E-state index is 0.185. The number of carbonyl (C=O) groups is 1. The maximum absolute atomic E-state index is 13.3. The molecule has 4 nitrogen and oxygen atoms in total. The molecule has 0 aliphatic heterocycles. The number of nitrogens with zero attached hydrogens (tertiary/aromatic N) is 1. The molecule has 0 bridgehead atoms. The molecule has 1 aromatic rings. The van der Waals surface area contributed by atoms with Gasteiger partial charge in [0.1, 0.15) is 18.2 Å². The van der Waals surface area contributed by atoms with Crippen LogP contribution in [0.4, 0.5) is 13.6 Å². The van der Waals surface area contributed by atoms with E-state index in [1.807, 2.05) is 0 Å². The van der Waals surface area contributed by atoms with Gasteiger partial charge in [-0.15, -0.1) is 0 Å². The molecule has 0 spiro atoms. The average Bonchev–Trinajstić information content (AvgIpc) is 2.63. The molecular weight excluding hydrogens is 432 g/mol. The number of amides is 1. The van der Waals surface area contributed by atoms with Crippen molar-refractivity contribution in [1.29, 1.82) is 0 Å². The van der Waals surface area contributed by atoms with Crippen LogP contribution in [0.15, 0.2) is 22.7 Å². The van der Waals surface area contributed by atoms with E-state index < -0.39 is 11.9 Å². The predicted molar refractivity (Wildman–Crippen MR) is 111 cm³/mol. The molecule has 1 N–H and O–H groups in total. The third kappa shape index (κ3) is 12.2. The molecule has 7 heteroatoms. The van der Waals surface area contributed by atoms with Gasteiger partial charge in [-0.05, 0) is 25.0 Å². The zero-order valence-electron chi connectivity index (χ0n) is 16.5. The van der Waals surface area contributed by atoms with Crippen molar-refractivity contribution in [2.24, 2.45) is 0 Å². The topological polar surface area (TPSA) is 49.8 Å². The quantitative estimate of drug-likeness (QED) is 0.273. The Morgan fingerprint density at radius 3 is 2.04 bits per heavy atom. The molecule has 1 aromatic carbocycles. The molecule has 0 aliphatic carbocycles. The second kappa shape index (κ2) is 15.5. The van der Waals surface area contributed by atoms with Gasteiger partial charge in [0.05, 0.1) is 13.2 Å². The second-order valence-corrected chi connectivity index (χ2v) is 7.86. The summed E-state index contributed by atoms with van der Waals surface area (Å²) in [6.07, 6.45) is 9.48. The minimum atomic E-state index is -0.961. The first-order chi connectivity index (χ1) is 13.5. The smallest absolute Gasteiger partial charge is 0.407 e. The number of hydrogen-bond donors (Lipinski definition) is 1. The first-order valence-corrected chi connectivity index (χ1v) is 10.9. The van der Waals surface area contributed by atoms with E-state index in [-0.39, 0.29) is 19.8 Å². The third-order valence-electron chi connectivity index (χ3n) is 4.55. The number of unbranched alkanes of at least 4 members (excludes halogenated alkanes) is 9. The molecule has 0 heterocycles. The van der Waals surface area contributed by atoms with E-state index in [0.717, 1.165) is 38.5 Å². The molecular formula is C21H32BrF2NO3. The Kier molecular flexibility index (Phi) is 13.7. The summed E-state index contributed by atoms with van der Waals surface area (Å²) in [5.74, 6) is -0.0267. The highest BCUT2D eigenvalue weighted by molar-refractivity contribution is 9.10. The van der Waals surface area contributed by atoms with Gasteiger partial charge in [-0.1, -0.05) is 67.3 Å². The maximum atomic E-state index is 13.3. The molecule has 1 rings (SSSR count). The second-order valence-electron chi connectivity index (χ2n) is 6.95. The van der Waals surface area contributed by atoms with E-state index in [4.69, 9.17) is 4.74 Å². The SMILES string of the molecule is O=C(O)N(CCCCCCCCCCCCF)CCOc1cc(F)cc(Br)c1. The summed E-state index contributed by atoms with van der Waals surface area (Å²) in [6.45, 7) is 0.712. The summed E-state index contributed by atoms with van der Waals surface area (Å²) in [5.41, 5.74) is 0. The molecule has 1 amide bonds. The fourth-order valence-corrected chi connectivity index (χ4v) is 3.44. The van der Waals surface area contributed by atoms with Crippen molar-refractivity contribution in [2.75, 3.05) is 26.4 Å². The Bertz CT molecular complexity index is 540. The molecule has 28 heavy (non-hydrogen) atoms. The van der Waals surface area contributed by atoms with Crippen molar-refractivity contribution in [3.8, 4) is 5.75 Å². The van der Waals surface area contributed by atoms with Crippen LogP contribution >= 0.6 is 15.9 Å². The highest BCUT2D eigenvalue weighted by atomic mass is 79.9. The van der Waals surface area contributed by atoms with Gasteiger partial charge in [0.15, 0.2) is 0 Å². The summed E-state index contributed by atoms with van der Waals surface area (Å²) in [4.78, 5) is 12.7. The number of rotatable bonds is 16. The molecule has 0 saturated heterocycles. The van der Waals surface area contributed by atoms with Gasteiger partial charge < -0.3 is 14.7 Å². The number of ether oxygens (including phenoxy) is 1. The van der Waals surface area contributed by atoms with E-state index in [2.05, 4.69) is 15.9 Å². The van der Waals surface area contributed by atoms with Gasteiger partial charge in [-0.3, -0.25) is 4.39 Å². The van der Waals surface area contributed by atoms with Crippen LogP contribution in [-0.4, -0.2) is 42.5 Å². The van der Waals surface area contributed by atoms with Gasteiger partial charge in [0, 0.05) is 17.1 Å². The predicted octanol–water partition coefficient (Wildman–Crippen LogP) is 6.82. The fraction of sp³-hybridized carbons (Fsp3) is 0.667. The largest absolute Gasteiger partial charge is 0.492 e. The number of halogens is 3. The van der Waals surface area contributed by atoms with Crippen LogP contribution in [-0.2, 0) is 0 Å². The van der Waals surface area contributed by atoms with Gasteiger partial charge in [0.2, 0.25) is 0 Å². The minimum Gasteiger partial charge on any atom is -0.492 e. The lowest BCUT2D eigenvalue weighted by atomic mass is 10.1. The number of benzene rings is 1. The standard InChI is InChI=1S/C21H32BrF2NO3/c22-18-15-19(24)17-20(16-18)28-14-13-25(21(26)27)12-10-8-6-4-2-1-3-5-7-9-11-23/h15-17H,1-14H2,(H,26,27). The Morgan fingerprint density at radius 1 is 0.929 bits per heavy atom. The number of hydrogen-bond acceptors (Lipinski definition) is 2. The van der Waals surface area contributed by atoms with Crippen molar-refractivity contribution < 1.29 is 23.4 Å². The molecule has 160 valence electrons. The molecule has 0 atom stereocenters. The van der Waals surface area contributed by atoms with Crippen LogP contribution in [0.25, 0.3) is 0 Å². The average molecular weight is 464 g/mol. The van der Waals surface area contributed by atoms with Gasteiger partial charge >= 0.3 is 6.09 Å². The van der Waals surface area contributed by atoms with Crippen LogP contribution in [0.1, 0.15) is 64.2 Å². The zero-order chi connectivity index (χ0) is 20.6. The van der Waals surface area contributed by atoms with Crippen LogP contribution < -0.4 is 4.74 Å². The van der Waals surface area contributed by atoms with Crippen molar-refractivity contribution in [2.45, 2.75) is 64.2 Å². The third-order valence-corrected chi connectivity index (χ3v) is 5.01. The number of alkyl halides is 1. The normalized spacial score (nSPS) is 10.8. The van der Waals surface area contributed by atoms with Crippen molar-refractivity contribution in [3.05, 3.63) is 28.5 Å². The van der Waals surface area contributed by atoms with Gasteiger partial charge in [-0.2, -0.15) is 0 Å². The van der Waals surface area contributed by atoms with Gasteiger partial charge in [0.25, 0.3) is 0 Å². The lowest BCUT2D eigenvalue weighted by Crippen LogP contribution is -2.34. The summed E-state index contributed by atoms with van der Waals surface area (Å²) in [6, 6.07) is 4.26. The highest BCUT2D eigenvalue weighted by Gasteiger charge is 2.11. The summed E-state index contributed by atoms with van der Waals surface area (Å²) in [5, 5.41) is 9.30. The fourth-order valence-electron chi connectivity index (χ4n) is 3.00. The molecule has 0 aliphatic rings. The molecule has 0 saturated carbocycles. The Morgan fingerprint density at radius 2 is 1.50 bits per heavy atom. The first kappa shape index (κ1) is 24.7. The van der Waals surface area contributed by atoms with Crippen molar-refractivity contribution >= 4 is 22.0 Å². The Labute approximate surface area is 175 Å². The Balaban J connectivity index is 2.09. The van der Waals surface area contributed by atoms with E-state index in [1.165, 1.54) is 36.3 Å². The van der Waals surface area contributed by atoms with Crippen molar-refractivity contribution in [3.63, 3.8) is 0 Å². The Hall–Kier alpha value is -1.37. The molecule has 0 unspecified atom stereocenters. The van der Waals surface area contributed by atoms with E-state index in [0.29, 0.717) is 23.2 Å². The van der Waals surface area contributed by atoms with Crippen molar-refractivity contribution in [1.82, 2.24) is 4.90 Å². The van der Waals surface area contributed by atoms with Crippen LogP contribution in [0, 0.1) is 5.82 Å². The zero-order valence-corrected chi connectivity index (χ0v) is 18.1. The lowest BCUT2D eigenvalue weighted by Gasteiger charge is -2.19.